The van der Waals surface area contributed by atoms with E-state index in [1.165, 1.54) is 5.56 Å². The van der Waals surface area contributed by atoms with Crippen molar-refractivity contribution in [3.05, 3.63) is 90.1 Å². The number of aromatic nitrogens is 4. The summed E-state index contributed by atoms with van der Waals surface area (Å²) in [6.07, 6.45) is 5.87. The highest BCUT2D eigenvalue weighted by Crippen LogP contribution is 2.22. The Bertz CT molecular complexity index is 1180. The van der Waals surface area contributed by atoms with E-state index in [0.29, 0.717) is 25.3 Å². The first kappa shape index (κ1) is 19.4. The Morgan fingerprint density at radius 1 is 1.06 bits per heavy atom. The summed E-state index contributed by atoms with van der Waals surface area (Å²) in [6.45, 7) is 2.29. The number of amides is 1. The zero-order valence-corrected chi connectivity index (χ0v) is 17.1. The summed E-state index contributed by atoms with van der Waals surface area (Å²) in [6, 6.07) is 17.9. The molecule has 4 aromatic rings. The summed E-state index contributed by atoms with van der Waals surface area (Å²) in [7, 11) is 0. The molecule has 1 saturated heterocycles. The molecule has 7 nitrogen and oxygen atoms in total. The number of benzene rings is 1. The van der Waals surface area contributed by atoms with Gasteiger partial charge < -0.3 is 14.2 Å². The van der Waals surface area contributed by atoms with E-state index in [-0.39, 0.29) is 12.0 Å². The molecule has 0 spiro atoms. The number of nitrogens with zero attached hydrogens (tertiary/aromatic N) is 5. The summed E-state index contributed by atoms with van der Waals surface area (Å²) in [4.78, 5) is 28.3. The number of hydrogen-bond acceptors (Lipinski definition) is 5. The minimum atomic E-state index is -0.215. The predicted octanol–water partition coefficient (Wildman–Crippen LogP) is 3.28. The molecule has 0 N–H and O–H groups in total. The Balaban J connectivity index is 1.30. The SMILES string of the molecule is O=C(c1cnc2c(c1)ncn2CCc1ccccc1)N1CCOC(c2ccccn2)C1. The van der Waals surface area contributed by atoms with E-state index >= 15 is 0 Å². The minimum absolute atomic E-state index is 0.0579. The number of fused-ring (bicyclic) bond motifs is 1. The van der Waals surface area contributed by atoms with Gasteiger partial charge in [-0.3, -0.25) is 9.78 Å². The molecule has 31 heavy (non-hydrogen) atoms. The molecule has 3 aromatic heterocycles. The molecule has 1 unspecified atom stereocenters. The standard InChI is InChI=1S/C24H23N5O2/c30-24(28-12-13-31-22(16-28)20-8-4-5-10-25-20)19-14-21-23(26-15-19)29(17-27-21)11-9-18-6-2-1-3-7-18/h1-8,10,14-15,17,22H,9,11-13,16H2. The molecule has 1 aromatic carbocycles. The minimum Gasteiger partial charge on any atom is -0.368 e. The van der Waals surface area contributed by atoms with E-state index in [0.717, 1.165) is 29.8 Å². The number of ether oxygens (including phenoxy) is 1. The average molecular weight is 413 g/mol. The van der Waals surface area contributed by atoms with Crippen molar-refractivity contribution >= 4 is 17.1 Å². The Morgan fingerprint density at radius 3 is 2.77 bits per heavy atom. The maximum absolute atomic E-state index is 13.1. The largest absolute Gasteiger partial charge is 0.368 e. The van der Waals surface area contributed by atoms with Crippen molar-refractivity contribution in [2.45, 2.75) is 19.1 Å². The van der Waals surface area contributed by atoms with Crippen LogP contribution in [-0.2, 0) is 17.7 Å². The molecule has 0 radical (unpaired) electrons. The van der Waals surface area contributed by atoms with Crippen molar-refractivity contribution in [2.75, 3.05) is 19.7 Å². The zero-order valence-electron chi connectivity index (χ0n) is 17.1. The fraction of sp³-hybridized carbons (Fsp3) is 0.250. The van der Waals surface area contributed by atoms with E-state index < -0.39 is 0 Å². The van der Waals surface area contributed by atoms with Crippen LogP contribution in [0.4, 0.5) is 0 Å². The Hall–Kier alpha value is -3.58. The van der Waals surface area contributed by atoms with E-state index in [4.69, 9.17) is 4.74 Å². The molecule has 0 saturated carbocycles. The first-order valence-electron chi connectivity index (χ1n) is 10.4. The first-order valence-corrected chi connectivity index (χ1v) is 10.4. The maximum atomic E-state index is 13.1. The number of pyridine rings is 2. The van der Waals surface area contributed by atoms with Gasteiger partial charge in [-0.25, -0.2) is 9.97 Å². The van der Waals surface area contributed by atoms with Crippen LogP contribution in [0.1, 0.15) is 27.7 Å². The fourth-order valence-electron chi connectivity index (χ4n) is 3.89. The molecular formula is C24H23N5O2. The first-order chi connectivity index (χ1) is 15.3. The summed E-state index contributed by atoms with van der Waals surface area (Å²) in [5.41, 5.74) is 4.17. The summed E-state index contributed by atoms with van der Waals surface area (Å²) in [5.74, 6) is -0.0579. The lowest BCUT2D eigenvalue weighted by atomic mass is 10.1. The topological polar surface area (TPSA) is 73.1 Å². The lowest BCUT2D eigenvalue weighted by Crippen LogP contribution is -2.42. The monoisotopic (exact) mass is 413 g/mol. The summed E-state index contributed by atoms with van der Waals surface area (Å²) >= 11 is 0. The number of rotatable bonds is 5. The van der Waals surface area contributed by atoms with E-state index in [9.17, 15) is 4.79 Å². The molecule has 5 rings (SSSR count). The van der Waals surface area contributed by atoms with Gasteiger partial charge in [0, 0.05) is 25.5 Å². The second-order valence-corrected chi connectivity index (χ2v) is 7.61. The highest BCUT2D eigenvalue weighted by atomic mass is 16.5. The lowest BCUT2D eigenvalue weighted by molar-refractivity contribution is -0.0247. The molecule has 1 fully saturated rings. The van der Waals surface area contributed by atoms with Gasteiger partial charge in [-0.15, -0.1) is 0 Å². The second kappa shape index (κ2) is 8.65. The summed E-state index contributed by atoms with van der Waals surface area (Å²) in [5, 5.41) is 0. The van der Waals surface area contributed by atoms with Crippen LogP contribution in [0.2, 0.25) is 0 Å². The third kappa shape index (κ3) is 4.18. The van der Waals surface area contributed by atoms with Gasteiger partial charge in [0.1, 0.15) is 11.6 Å². The normalized spacial score (nSPS) is 16.5. The highest BCUT2D eigenvalue weighted by Gasteiger charge is 2.27. The number of morpholine rings is 1. The smallest absolute Gasteiger partial charge is 0.255 e. The fourth-order valence-corrected chi connectivity index (χ4v) is 3.89. The Labute approximate surface area is 180 Å². The molecule has 1 amide bonds. The van der Waals surface area contributed by atoms with Crippen molar-refractivity contribution in [2.24, 2.45) is 0 Å². The maximum Gasteiger partial charge on any atom is 0.255 e. The molecular weight excluding hydrogens is 390 g/mol. The third-order valence-corrected chi connectivity index (χ3v) is 5.56. The molecule has 0 bridgehead atoms. The van der Waals surface area contributed by atoms with Crippen molar-refractivity contribution < 1.29 is 9.53 Å². The van der Waals surface area contributed by atoms with Gasteiger partial charge in [-0.2, -0.15) is 0 Å². The van der Waals surface area contributed by atoms with E-state index in [1.54, 1.807) is 23.6 Å². The van der Waals surface area contributed by atoms with Crippen LogP contribution in [0.15, 0.2) is 73.3 Å². The van der Waals surface area contributed by atoms with Crippen molar-refractivity contribution in [3.63, 3.8) is 0 Å². The van der Waals surface area contributed by atoms with E-state index in [2.05, 4.69) is 27.1 Å². The Morgan fingerprint density at radius 2 is 1.94 bits per heavy atom. The van der Waals surface area contributed by atoms with Crippen LogP contribution < -0.4 is 0 Å². The molecule has 4 heterocycles. The van der Waals surface area contributed by atoms with Gasteiger partial charge in [-0.05, 0) is 30.2 Å². The van der Waals surface area contributed by atoms with Crippen LogP contribution in [0.25, 0.3) is 11.2 Å². The van der Waals surface area contributed by atoms with Gasteiger partial charge >= 0.3 is 0 Å². The third-order valence-electron chi connectivity index (χ3n) is 5.56. The molecule has 1 aliphatic heterocycles. The highest BCUT2D eigenvalue weighted by molar-refractivity contribution is 5.96. The average Bonchev–Trinajstić information content (AvgIpc) is 3.26. The zero-order chi connectivity index (χ0) is 21.0. The number of imidazole rings is 1. The predicted molar refractivity (Wildman–Crippen MR) is 117 cm³/mol. The molecule has 0 aliphatic carbocycles. The van der Waals surface area contributed by atoms with Crippen molar-refractivity contribution in [1.82, 2.24) is 24.4 Å². The number of carbonyl (C=O) groups excluding carboxylic acids is 1. The van der Waals surface area contributed by atoms with Crippen LogP contribution >= 0.6 is 0 Å². The van der Waals surface area contributed by atoms with E-state index in [1.807, 2.05) is 47.0 Å². The van der Waals surface area contributed by atoms with Crippen LogP contribution in [0.3, 0.4) is 0 Å². The van der Waals surface area contributed by atoms with Gasteiger partial charge in [0.25, 0.3) is 5.91 Å². The molecule has 156 valence electrons. The quantitative estimate of drug-likeness (QED) is 0.502. The van der Waals surface area contributed by atoms with Crippen molar-refractivity contribution in [3.8, 4) is 0 Å². The number of hydrogen-bond donors (Lipinski definition) is 0. The second-order valence-electron chi connectivity index (χ2n) is 7.61. The van der Waals surface area contributed by atoms with Gasteiger partial charge in [0.15, 0.2) is 5.65 Å². The number of carbonyl (C=O) groups is 1. The van der Waals surface area contributed by atoms with Gasteiger partial charge in [0.05, 0.1) is 30.7 Å². The van der Waals surface area contributed by atoms with Gasteiger partial charge in [-0.1, -0.05) is 36.4 Å². The molecule has 1 aliphatic rings. The van der Waals surface area contributed by atoms with Crippen LogP contribution in [0, 0.1) is 0 Å². The Kier molecular flexibility index (Phi) is 5.41. The lowest BCUT2D eigenvalue weighted by Gasteiger charge is -2.32. The van der Waals surface area contributed by atoms with Crippen molar-refractivity contribution in [1.29, 1.82) is 0 Å². The number of aryl methyl sites for hydroxylation is 2. The summed E-state index contributed by atoms with van der Waals surface area (Å²) < 4.78 is 7.86. The molecule has 1 atom stereocenters. The van der Waals surface area contributed by atoms with Crippen LogP contribution in [-0.4, -0.2) is 50.0 Å². The molecule has 7 heteroatoms. The van der Waals surface area contributed by atoms with Gasteiger partial charge in [0.2, 0.25) is 0 Å². The van der Waals surface area contributed by atoms with Crippen LogP contribution in [0.5, 0.6) is 0 Å².